The highest BCUT2D eigenvalue weighted by atomic mass is 32.2. The average molecular weight is 407 g/mol. The van der Waals surface area contributed by atoms with Crippen LogP contribution in [0.4, 0.5) is 0 Å². The van der Waals surface area contributed by atoms with Crippen LogP contribution in [-0.4, -0.2) is 26.8 Å². The number of aliphatic carboxylic acids is 1. The molecule has 1 aliphatic heterocycles. The van der Waals surface area contributed by atoms with E-state index in [-0.39, 0.29) is 12.3 Å². The van der Waals surface area contributed by atoms with Crippen LogP contribution in [0, 0.1) is 13.8 Å². The van der Waals surface area contributed by atoms with Gasteiger partial charge in [0.1, 0.15) is 6.61 Å². The summed E-state index contributed by atoms with van der Waals surface area (Å²) < 4.78 is 5.93. The lowest BCUT2D eigenvalue weighted by Gasteiger charge is -2.12. The van der Waals surface area contributed by atoms with Crippen LogP contribution in [0.25, 0.3) is 11.1 Å². The van der Waals surface area contributed by atoms with E-state index < -0.39 is 5.97 Å². The predicted molar refractivity (Wildman–Crippen MR) is 113 cm³/mol. The highest BCUT2D eigenvalue weighted by Crippen LogP contribution is 2.42. The first kappa shape index (κ1) is 19.5. The molecule has 29 heavy (non-hydrogen) atoms. The maximum Gasteiger partial charge on any atom is 0.303 e. The Balaban J connectivity index is 1.49. The molecule has 0 fully saturated rings. The molecule has 1 N–H and O–H groups in total. The largest absolute Gasteiger partial charge is 0.481 e. The van der Waals surface area contributed by atoms with Crippen LogP contribution < -0.4 is 4.74 Å². The number of rotatable bonds is 6. The van der Waals surface area contributed by atoms with Crippen molar-refractivity contribution in [3.8, 4) is 17.0 Å². The van der Waals surface area contributed by atoms with Crippen molar-refractivity contribution in [2.75, 3.05) is 5.75 Å². The van der Waals surface area contributed by atoms with Gasteiger partial charge in [0.25, 0.3) is 0 Å². The molecule has 0 bridgehead atoms. The molecule has 0 saturated carbocycles. The summed E-state index contributed by atoms with van der Waals surface area (Å²) in [6, 6.07) is 12.2. The lowest BCUT2D eigenvalue weighted by atomic mass is 9.98. The molecule has 4 rings (SSSR count). The van der Waals surface area contributed by atoms with E-state index in [1.54, 1.807) is 18.0 Å². The fraction of sp³-hybridized carbons (Fsp3) is 0.261. The minimum atomic E-state index is -0.775. The van der Waals surface area contributed by atoms with Crippen LogP contribution in [-0.2, 0) is 11.4 Å². The van der Waals surface area contributed by atoms with Gasteiger partial charge in [0.2, 0.25) is 5.88 Å². The van der Waals surface area contributed by atoms with Crippen molar-refractivity contribution < 1.29 is 14.6 Å². The van der Waals surface area contributed by atoms with Crippen LogP contribution in [0.3, 0.4) is 0 Å². The molecule has 3 heterocycles. The van der Waals surface area contributed by atoms with Gasteiger partial charge in [-0.05, 0) is 48.2 Å². The lowest BCUT2D eigenvalue weighted by Crippen LogP contribution is -2.06. The molecule has 1 aliphatic rings. The van der Waals surface area contributed by atoms with Gasteiger partial charge < -0.3 is 9.84 Å². The van der Waals surface area contributed by atoms with Crippen molar-refractivity contribution in [1.82, 2.24) is 9.97 Å². The number of aryl methyl sites for hydroxylation is 2. The monoisotopic (exact) mass is 406 g/mol. The van der Waals surface area contributed by atoms with E-state index in [4.69, 9.17) is 9.84 Å². The number of aromatic nitrogens is 2. The molecule has 0 spiro atoms. The summed E-state index contributed by atoms with van der Waals surface area (Å²) in [5, 5.41) is 9.05. The van der Waals surface area contributed by atoms with Gasteiger partial charge in [-0.25, -0.2) is 4.98 Å². The van der Waals surface area contributed by atoms with E-state index in [0.717, 1.165) is 38.6 Å². The Morgan fingerprint density at radius 2 is 2.10 bits per heavy atom. The van der Waals surface area contributed by atoms with E-state index in [2.05, 4.69) is 29.0 Å². The Kier molecular flexibility index (Phi) is 5.53. The van der Waals surface area contributed by atoms with Crippen molar-refractivity contribution in [3.63, 3.8) is 0 Å². The third kappa shape index (κ3) is 4.27. The van der Waals surface area contributed by atoms with Crippen molar-refractivity contribution in [1.29, 1.82) is 0 Å². The van der Waals surface area contributed by atoms with Gasteiger partial charge in [0, 0.05) is 46.3 Å². The summed E-state index contributed by atoms with van der Waals surface area (Å²) in [6.07, 6.45) is 3.73. The number of benzene rings is 1. The fourth-order valence-electron chi connectivity index (χ4n) is 3.70. The van der Waals surface area contributed by atoms with E-state index in [0.29, 0.717) is 12.5 Å². The van der Waals surface area contributed by atoms with Gasteiger partial charge in [-0.1, -0.05) is 18.2 Å². The fourth-order valence-corrected chi connectivity index (χ4v) is 4.95. The summed E-state index contributed by atoms with van der Waals surface area (Å²) >= 11 is 1.67. The Morgan fingerprint density at radius 1 is 1.24 bits per heavy atom. The van der Waals surface area contributed by atoms with E-state index >= 15 is 0 Å². The number of hydrogen-bond donors (Lipinski definition) is 1. The smallest absolute Gasteiger partial charge is 0.303 e. The number of fused-ring (bicyclic) bond motifs is 1. The number of thioether (sulfide) groups is 1. The first-order valence-electron chi connectivity index (χ1n) is 9.50. The van der Waals surface area contributed by atoms with Crippen LogP contribution in [0.1, 0.15) is 34.7 Å². The number of nitrogens with zero attached hydrogens (tertiary/aromatic N) is 2. The zero-order valence-corrected chi connectivity index (χ0v) is 17.2. The zero-order valence-electron chi connectivity index (χ0n) is 16.4. The molecule has 0 aliphatic carbocycles. The Hall–Kier alpha value is -2.86. The second-order valence-electron chi connectivity index (χ2n) is 7.24. The number of ether oxygens (including phenoxy) is 1. The topological polar surface area (TPSA) is 72.3 Å². The number of carbonyl (C=O) groups is 1. The summed E-state index contributed by atoms with van der Waals surface area (Å²) in [6.45, 7) is 4.54. The van der Waals surface area contributed by atoms with Gasteiger partial charge in [-0.15, -0.1) is 11.8 Å². The average Bonchev–Trinajstić information content (AvgIpc) is 3.08. The highest BCUT2D eigenvalue weighted by molar-refractivity contribution is 7.99. The number of pyridine rings is 2. The third-order valence-corrected chi connectivity index (χ3v) is 6.36. The molecule has 1 atom stereocenters. The second-order valence-corrected chi connectivity index (χ2v) is 8.31. The molecule has 6 heteroatoms. The molecular formula is C23H22N2O3S. The number of carboxylic acids is 1. The molecule has 2 aromatic heterocycles. The minimum absolute atomic E-state index is 0.0247. The third-order valence-electron chi connectivity index (χ3n) is 5.12. The first-order valence-corrected chi connectivity index (χ1v) is 10.5. The predicted octanol–water partition coefficient (Wildman–Crippen LogP) is 5.00. The van der Waals surface area contributed by atoms with Gasteiger partial charge >= 0.3 is 5.97 Å². The molecule has 1 unspecified atom stereocenters. The van der Waals surface area contributed by atoms with E-state index in [1.165, 1.54) is 5.56 Å². The van der Waals surface area contributed by atoms with Crippen molar-refractivity contribution in [3.05, 3.63) is 71.2 Å². The Bertz CT molecular complexity index is 1050. The molecule has 5 nitrogen and oxygen atoms in total. The molecular weight excluding hydrogens is 384 g/mol. The molecule has 0 radical (unpaired) electrons. The lowest BCUT2D eigenvalue weighted by molar-refractivity contribution is -0.137. The summed E-state index contributed by atoms with van der Waals surface area (Å²) in [7, 11) is 0. The van der Waals surface area contributed by atoms with Crippen molar-refractivity contribution >= 4 is 17.7 Å². The summed E-state index contributed by atoms with van der Waals surface area (Å²) in [4.78, 5) is 20.9. The highest BCUT2D eigenvalue weighted by Gasteiger charge is 2.26. The van der Waals surface area contributed by atoms with Crippen molar-refractivity contribution in [2.45, 2.75) is 37.7 Å². The van der Waals surface area contributed by atoms with E-state index in [1.807, 2.05) is 37.4 Å². The minimum Gasteiger partial charge on any atom is -0.481 e. The Morgan fingerprint density at radius 3 is 2.90 bits per heavy atom. The standard InChI is InChI=1S/C23H22N2O3S/c1-14-6-7-24-15(2)23(14)17-5-3-4-16(8-17)12-28-21-10-20-19(11-25-21)18(13-29-20)9-22(26)27/h3-8,10-11,18H,9,12-13H2,1-2H3,(H,26,27). The molecule has 0 amide bonds. The van der Waals surface area contributed by atoms with Crippen LogP contribution >= 0.6 is 11.8 Å². The van der Waals surface area contributed by atoms with Gasteiger partial charge in [0.05, 0.1) is 6.42 Å². The van der Waals surface area contributed by atoms with Crippen molar-refractivity contribution in [2.24, 2.45) is 0 Å². The molecule has 148 valence electrons. The SMILES string of the molecule is Cc1ccnc(C)c1-c1cccc(COc2cc3c(cn2)C(CC(=O)O)CS3)c1. The summed E-state index contributed by atoms with van der Waals surface area (Å²) in [5.41, 5.74) is 6.56. The molecule has 0 saturated heterocycles. The number of hydrogen-bond acceptors (Lipinski definition) is 5. The van der Waals surface area contributed by atoms with Crippen LogP contribution in [0.15, 0.2) is 53.7 Å². The normalized spacial score (nSPS) is 15.2. The number of carboxylic acid groups (broad SMARTS) is 1. The second kappa shape index (κ2) is 8.25. The van der Waals surface area contributed by atoms with Gasteiger partial charge in [0.15, 0.2) is 0 Å². The van der Waals surface area contributed by atoms with Crippen LogP contribution in [0.5, 0.6) is 5.88 Å². The Labute approximate surface area is 174 Å². The van der Waals surface area contributed by atoms with Gasteiger partial charge in [-0.2, -0.15) is 0 Å². The maximum absolute atomic E-state index is 11.0. The summed E-state index contributed by atoms with van der Waals surface area (Å²) in [5.74, 6) is 0.587. The van der Waals surface area contributed by atoms with E-state index in [9.17, 15) is 4.79 Å². The van der Waals surface area contributed by atoms with Crippen LogP contribution in [0.2, 0.25) is 0 Å². The first-order chi connectivity index (χ1) is 14.0. The molecule has 1 aromatic carbocycles. The zero-order chi connectivity index (χ0) is 20.4. The maximum atomic E-state index is 11.0. The quantitative estimate of drug-likeness (QED) is 0.621. The van der Waals surface area contributed by atoms with Gasteiger partial charge in [-0.3, -0.25) is 9.78 Å². The molecule has 3 aromatic rings.